The van der Waals surface area contributed by atoms with Gasteiger partial charge in [-0.25, -0.2) is 0 Å². The Hall–Kier alpha value is -6.77. The van der Waals surface area contributed by atoms with Crippen LogP contribution in [0.4, 0.5) is 0 Å². The average Bonchev–Trinajstić information content (AvgIpc) is 3.26. The van der Waals surface area contributed by atoms with Crippen molar-refractivity contribution in [3.05, 3.63) is 35.9 Å². The first kappa shape index (κ1) is 58.2. The predicted molar refractivity (Wildman–Crippen MR) is 235 cm³/mol. The molecule has 0 heterocycles. The molecule has 0 unspecified atom stereocenters. The number of carboxylic acid groups (broad SMARTS) is 2. The molecule has 0 spiro atoms. The summed E-state index contributed by atoms with van der Waals surface area (Å²) in [6.07, 6.45) is -1.19. The van der Waals surface area contributed by atoms with Crippen LogP contribution in [-0.2, 0) is 59.2 Å². The Morgan fingerprint density at radius 1 is 0.567 bits per heavy atom. The lowest BCUT2D eigenvalue weighted by Gasteiger charge is -2.26. The van der Waals surface area contributed by atoms with Crippen LogP contribution in [0, 0.1) is 5.92 Å². The summed E-state index contributed by atoms with van der Waals surface area (Å²) in [6, 6.07) is -4.10. The van der Waals surface area contributed by atoms with Crippen molar-refractivity contribution >= 4 is 65.1 Å². The van der Waals surface area contributed by atoms with Crippen LogP contribution in [0.5, 0.6) is 0 Å². The SMILES string of the molecule is CC(C)C[C@H](N)C(=O)N[C@@H](CO)C(=O)N[C@@H](CCCCN)C(=O)N[C@@H](C)C(=O)N[C@@H](CCC(N)=O)C(=O)N[C@@H](CO)C(=O)N[C@@H](CC(=O)O)C(=O)N[C@@H](Cc1ccccc1)C(=O)NCC(=O)O. The van der Waals surface area contributed by atoms with E-state index in [1.165, 1.54) is 6.92 Å². The van der Waals surface area contributed by atoms with Gasteiger partial charge in [0.1, 0.15) is 48.8 Å². The van der Waals surface area contributed by atoms with Gasteiger partial charge in [0, 0.05) is 12.8 Å². The molecule has 0 fully saturated rings. The molecule has 26 nitrogen and oxygen atoms in total. The summed E-state index contributed by atoms with van der Waals surface area (Å²) in [5.74, 6) is -12.1. The number of aliphatic hydroxyl groups is 2. The van der Waals surface area contributed by atoms with E-state index in [1.807, 2.05) is 13.8 Å². The highest BCUT2D eigenvalue weighted by Crippen LogP contribution is 2.08. The number of amides is 9. The van der Waals surface area contributed by atoms with E-state index in [1.54, 1.807) is 30.3 Å². The van der Waals surface area contributed by atoms with Crippen molar-refractivity contribution in [2.24, 2.45) is 23.1 Å². The van der Waals surface area contributed by atoms with E-state index in [9.17, 15) is 68.1 Å². The van der Waals surface area contributed by atoms with Crippen molar-refractivity contribution < 1.29 is 73.2 Å². The number of carbonyl (C=O) groups excluding carboxylic acids is 9. The molecule has 0 aliphatic heterocycles. The minimum absolute atomic E-state index is 0.00169. The zero-order valence-electron chi connectivity index (χ0n) is 37.6. The number of benzene rings is 1. The first-order valence-electron chi connectivity index (χ1n) is 21.4. The fraction of sp³-hybridized carbons (Fsp3) is 0.585. The highest BCUT2D eigenvalue weighted by Gasteiger charge is 2.34. The van der Waals surface area contributed by atoms with Crippen molar-refractivity contribution in [3.8, 4) is 0 Å². The summed E-state index contributed by atoms with van der Waals surface area (Å²) in [5.41, 5.74) is 17.3. The lowest BCUT2D eigenvalue weighted by atomic mass is 10.0. The van der Waals surface area contributed by atoms with E-state index < -0.39 is 152 Å². The van der Waals surface area contributed by atoms with E-state index in [0.29, 0.717) is 18.4 Å². The Morgan fingerprint density at radius 2 is 1.04 bits per heavy atom. The zero-order chi connectivity index (χ0) is 50.8. The fourth-order valence-corrected chi connectivity index (χ4v) is 6.09. The molecule has 0 saturated carbocycles. The van der Waals surface area contributed by atoms with Crippen LogP contribution >= 0.6 is 0 Å². The second-order valence-electron chi connectivity index (χ2n) is 15.9. The van der Waals surface area contributed by atoms with Crippen molar-refractivity contribution in [2.45, 2.75) is 120 Å². The van der Waals surface area contributed by atoms with Gasteiger partial charge >= 0.3 is 11.9 Å². The van der Waals surface area contributed by atoms with Gasteiger partial charge in [-0.05, 0) is 57.1 Å². The molecule has 0 radical (unpaired) electrons. The smallest absolute Gasteiger partial charge is 0.322 e. The third-order valence-electron chi connectivity index (χ3n) is 9.68. The number of aliphatic hydroxyl groups excluding tert-OH is 2. The summed E-state index contributed by atoms with van der Waals surface area (Å²) in [4.78, 5) is 140. The summed E-state index contributed by atoms with van der Waals surface area (Å²) >= 11 is 0. The van der Waals surface area contributed by atoms with Crippen LogP contribution in [0.25, 0.3) is 0 Å². The molecule has 26 heteroatoms. The van der Waals surface area contributed by atoms with Crippen LogP contribution in [0.3, 0.4) is 0 Å². The van der Waals surface area contributed by atoms with E-state index in [4.69, 9.17) is 22.3 Å². The normalized spacial score (nSPS) is 14.5. The van der Waals surface area contributed by atoms with Gasteiger partial charge in [-0.15, -0.1) is 0 Å². The van der Waals surface area contributed by atoms with E-state index in [-0.39, 0.29) is 31.7 Å². The molecule has 1 rings (SSSR count). The van der Waals surface area contributed by atoms with Crippen molar-refractivity contribution in [3.63, 3.8) is 0 Å². The van der Waals surface area contributed by atoms with Crippen LogP contribution in [0.2, 0.25) is 0 Å². The lowest BCUT2D eigenvalue weighted by Crippen LogP contribution is -2.61. The second-order valence-corrected chi connectivity index (χ2v) is 15.9. The molecule has 8 atom stereocenters. The number of carbonyl (C=O) groups is 11. The number of nitrogens with one attached hydrogen (secondary N) is 8. The number of rotatable bonds is 32. The van der Waals surface area contributed by atoms with Crippen LogP contribution in [-0.4, -0.2) is 160 Å². The molecule has 0 aliphatic rings. The van der Waals surface area contributed by atoms with E-state index in [2.05, 4.69) is 42.5 Å². The molecule has 0 saturated heterocycles. The van der Waals surface area contributed by atoms with Gasteiger partial charge in [-0.1, -0.05) is 44.2 Å². The Balaban J connectivity index is 3.21. The molecule has 0 aliphatic carbocycles. The summed E-state index contributed by atoms with van der Waals surface area (Å²) < 4.78 is 0. The van der Waals surface area contributed by atoms with E-state index >= 15 is 0 Å². The summed E-state index contributed by atoms with van der Waals surface area (Å²) in [6.45, 7) is 2.29. The molecule has 1 aromatic rings. The highest BCUT2D eigenvalue weighted by molar-refractivity contribution is 5.98. The fourth-order valence-electron chi connectivity index (χ4n) is 6.09. The molecule has 67 heavy (non-hydrogen) atoms. The van der Waals surface area contributed by atoms with Crippen LogP contribution in [0.15, 0.2) is 30.3 Å². The minimum Gasteiger partial charge on any atom is -0.481 e. The number of aliphatic carboxylic acids is 2. The minimum atomic E-state index is -1.93. The van der Waals surface area contributed by atoms with Gasteiger partial charge < -0.3 is 80.2 Å². The van der Waals surface area contributed by atoms with Gasteiger partial charge in [-0.2, -0.15) is 0 Å². The molecule has 1 aromatic carbocycles. The van der Waals surface area contributed by atoms with Crippen molar-refractivity contribution in [1.82, 2.24) is 42.5 Å². The van der Waals surface area contributed by atoms with Crippen molar-refractivity contribution in [1.29, 1.82) is 0 Å². The number of nitrogens with two attached hydrogens (primary N) is 3. The molecule has 0 bridgehead atoms. The third kappa shape index (κ3) is 22.8. The maximum Gasteiger partial charge on any atom is 0.322 e. The number of primary amides is 1. The first-order valence-corrected chi connectivity index (χ1v) is 21.4. The molecular formula is C41H65N11O15. The van der Waals surface area contributed by atoms with Crippen LogP contribution < -0.4 is 59.7 Å². The molecular weight excluding hydrogens is 887 g/mol. The number of unbranched alkanes of at least 4 members (excludes halogenated alkanes) is 1. The average molecular weight is 952 g/mol. The molecule has 0 aromatic heterocycles. The largest absolute Gasteiger partial charge is 0.481 e. The maximum atomic E-state index is 13.5. The first-order chi connectivity index (χ1) is 31.5. The number of hydrogen-bond acceptors (Lipinski definition) is 15. The third-order valence-corrected chi connectivity index (χ3v) is 9.68. The quantitative estimate of drug-likeness (QED) is 0.0299. The zero-order valence-corrected chi connectivity index (χ0v) is 37.6. The predicted octanol–water partition coefficient (Wildman–Crippen LogP) is -5.93. The van der Waals surface area contributed by atoms with Gasteiger partial charge in [-0.3, -0.25) is 52.7 Å². The Kier molecular flexibility index (Phi) is 26.5. The molecule has 9 amide bonds. The number of carboxylic acids is 2. The Morgan fingerprint density at radius 3 is 1.57 bits per heavy atom. The summed E-state index contributed by atoms with van der Waals surface area (Å²) in [7, 11) is 0. The van der Waals surface area contributed by atoms with Gasteiger partial charge in [0.15, 0.2) is 0 Å². The Bertz CT molecular complexity index is 1870. The van der Waals surface area contributed by atoms with Gasteiger partial charge in [0.05, 0.1) is 25.7 Å². The molecule has 374 valence electrons. The van der Waals surface area contributed by atoms with Gasteiger partial charge in [0.25, 0.3) is 0 Å². The van der Waals surface area contributed by atoms with Crippen LogP contribution in [0.1, 0.15) is 71.3 Å². The Labute approximate surface area is 386 Å². The van der Waals surface area contributed by atoms with Crippen molar-refractivity contribution in [2.75, 3.05) is 26.3 Å². The monoisotopic (exact) mass is 951 g/mol. The topological polar surface area (TPSA) is 443 Å². The summed E-state index contributed by atoms with van der Waals surface area (Å²) in [5, 5.41) is 56.6. The molecule has 18 N–H and O–H groups in total. The van der Waals surface area contributed by atoms with Gasteiger partial charge in [0.2, 0.25) is 53.2 Å². The number of hydrogen-bond donors (Lipinski definition) is 15. The highest BCUT2D eigenvalue weighted by atomic mass is 16.4. The maximum absolute atomic E-state index is 13.5. The standard InChI is InChI=1S/C41H65N11O15/c1-21(2)15-24(43)35(61)51-29(19-53)40(66)48-25(11-7-8-14-42)37(63)46-22(3)34(60)47-26(12-13-31(44)55)38(64)52-30(20-54)41(67)50-28(17-32(56)57)39(65)49-27(36(62)45-18-33(58)59)16-23-9-5-4-6-10-23/h4-6,9-10,21-22,24-30,53-54H,7-8,11-20,42-43H2,1-3H3,(H2,44,55)(H,45,62)(H,46,63)(H,47,60)(H,48,66)(H,49,65)(H,50,67)(H,51,61)(H,52,64)(H,56,57)(H,58,59)/t22-,24-,25-,26-,27-,28-,29-,30-/m0/s1. The lowest BCUT2D eigenvalue weighted by molar-refractivity contribution is -0.142. The van der Waals surface area contributed by atoms with E-state index in [0.717, 1.165) is 0 Å². The second kappa shape index (κ2) is 30.4.